The quantitative estimate of drug-likeness (QED) is 0.690. The van der Waals surface area contributed by atoms with Crippen molar-refractivity contribution in [3.05, 3.63) is 0 Å². The van der Waals surface area contributed by atoms with Gasteiger partial charge in [0.2, 0.25) is 5.91 Å². The highest BCUT2D eigenvalue weighted by atomic mass is 16.5. The molecule has 3 heteroatoms. The molecule has 2 fully saturated rings. The molecule has 0 radical (unpaired) electrons. The second-order valence-corrected chi connectivity index (χ2v) is 5.39. The van der Waals surface area contributed by atoms with E-state index in [1.807, 2.05) is 0 Å². The Labute approximate surface area is 105 Å². The van der Waals surface area contributed by atoms with Crippen LogP contribution in [0.2, 0.25) is 0 Å². The molecule has 1 saturated heterocycles. The van der Waals surface area contributed by atoms with Gasteiger partial charge in [-0.1, -0.05) is 19.8 Å². The number of hydrogen-bond donors (Lipinski definition) is 0. The molecule has 1 atom stereocenters. The Balaban J connectivity index is 1.83. The highest BCUT2D eigenvalue weighted by Crippen LogP contribution is 2.35. The topological polar surface area (TPSA) is 29.5 Å². The molecule has 1 aliphatic heterocycles. The summed E-state index contributed by atoms with van der Waals surface area (Å²) < 4.78 is 5.38. The zero-order valence-electron chi connectivity index (χ0n) is 11.0. The van der Waals surface area contributed by atoms with Crippen LogP contribution in [0.15, 0.2) is 0 Å². The first-order valence-corrected chi connectivity index (χ1v) is 7.20. The molecule has 1 saturated carbocycles. The summed E-state index contributed by atoms with van der Waals surface area (Å²) in [4.78, 5) is 14.2. The smallest absolute Gasteiger partial charge is 0.248 e. The summed E-state index contributed by atoms with van der Waals surface area (Å²) in [6.45, 7) is 4.02. The average molecular weight is 239 g/mol. The molecular weight excluding hydrogens is 214 g/mol. The first-order valence-electron chi connectivity index (χ1n) is 7.20. The number of hydrogen-bond acceptors (Lipinski definition) is 2. The molecule has 0 bridgehead atoms. The predicted molar refractivity (Wildman–Crippen MR) is 67.8 cm³/mol. The lowest BCUT2D eigenvalue weighted by molar-refractivity contribution is -0.137. The lowest BCUT2D eigenvalue weighted by Crippen LogP contribution is -2.41. The van der Waals surface area contributed by atoms with Crippen molar-refractivity contribution < 1.29 is 9.53 Å². The van der Waals surface area contributed by atoms with Crippen LogP contribution in [0.3, 0.4) is 0 Å². The van der Waals surface area contributed by atoms with Crippen molar-refractivity contribution in [2.75, 3.05) is 19.8 Å². The van der Waals surface area contributed by atoms with Crippen molar-refractivity contribution >= 4 is 5.91 Å². The van der Waals surface area contributed by atoms with Gasteiger partial charge in [0.15, 0.2) is 0 Å². The van der Waals surface area contributed by atoms with Crippen LogP contribution in [0.5, 0.6) is 0 Å². The molecule has 2 aliphatic rings. The highest BCUT2D eigenvalue weighted by molar-refractivity contribution is 5.78. The Bertz CT molecular complexity index is 249. The fourth-order valence-corrected chi connectivity index (χ4v) is 3.32. The number of carbonyl (C=O) groups is 1. The lowest BCUT2D eigenvalue weighted by atomic mass is 9.96. The number of ether oxygens (including phenoxy) is 1. The van der Waals surface area contributed by atoms with Crippen molar-refractivity contribution in [2.24, 2.45) is 5.92 Å². The summed E-state index contributed by atoms with van der Waals surface area (Å²) in [7, 11) is 0. The van der Waals surface area contributed by atoms with E-state index in [9.17, 15) is 4.79 Å². The molecule has 1 aliphatic carbocycles. The van der Waals surface area contributed by atoms with Gasteiger partial charge in [-0.2, -0.15) is 0 Å². The minimum absolute atomic E-state index is 0.216. The van der Waals surface area contributed by atoms with E-state index in [1.54, 1.807) is 0 Å². The molecule has 1 heterocycles. The van der Waals surface area contributed by atoms with Crippen LogP contribution in [-0.4, -0.2) is 36.6 Å². The largest absolute Gasteiger partial charge is 0.372 e. The first-order chi connectivity index (χ1) is 8.33. The Kier molecular flexibility index (Phi) is 4.84. The Morgan fingerprint density at radius 2 is 2.00 bits per heavy atom. The normalized spacial score (nSPS) is 25.7. The fourth-order valence-electron chi connectivity index (χ4n) is 3.32. The zero-order valence-corrected chi connectivity index (χ0v) is 11.0. The first kappa shape index (κ1) is 12.9. The van der Waals surface area contributed by atoms with Crippen LogP contribution in [0.1, 0.15) is 51.9 Å². The van der Waals surface area contributed by atoms with E-state index in [0.717, 1.165) is 18.9 Å². The van der Waals surface area contributed by atoms with Crippen molar-refractivity contribution in [1.29, 1.82) is 0 Å². The molecule has 0 aromatic heterocycles. The van der Waals surface area contributed by atoms with Crippen molar-refractivity contribution in [1.82, 2.24) is 4.90 Å². The third-order valence-electron chi connectivity index (χ3n) is 4.14. The van der Waals surface area contributed by atoms with Gasteiger partial charge in [0.05, 0.1) is 0 Å². The molecule has 0 aromatic rings. The van der Waals surface area contributed by atoms with Gasteiger partial charge in [-0.15, -0.1) is 0 Å². The number of likely N-dealkylation sites (tertiary alicyclic amines) is 1. The van der Waals surface area contributed by atoms with Gasteiger partial charge in [-0.3, -0.25) is 4.79 Å². The van der Waals surface area contributed by atoms with E-state index in [-0.39, 0.29) is 12.5 Å². The fraction of sp³-hybridized carbons (Fsp3) is 0.929. The second-order valence-electron chi connectivity index (χ2n) is 5.39. The van der Waals surface area contributed by atoms with Crippen molar-refractivity contribution in [3.8, 4) is 0 Å². The Hall–Kier alpha value is -0.570. The van der Waals surface area contributed by atoms with Crippen molar-refractivity contribution in [3.63, 3.8) is 0 Å². The molecular formula is C14H25NO2. The molecule has 98 valence electrons. The van der Waals surface area contributed by atoms with Crippen LogP contribution in [0, 0.1) is 5.92 Å². The molecule has 1 unspecified atom stereocenters. The average Bonchev–Trinajstić information content (AvgIpc) is 2.99. The van der Waals surface area contributed by atoms with Gasteiger partial charge in [-0.05, 0) is 38.0 Å². The van der Waals surface area contributed by atoms with Gasteiger partial charge in [0.25, 0.3) is 0 Å². The van der Waals surface area contributed by atoms with Crippen LogP contribution in [0.25, 0.3) is 0 Å². The van der Waals surface area contributed by atoms with E-state index in [1.165, 1.54) is 38.5 Å². The summed E-state index contributed by atoms with van der Waals surface area (Å²) >= 11 is 0. The third kappa shape index (κ3) is 3.21. The number of nitrogens with zero attached hydrogens (tertiary/aromatic N) is 1. The van der Waals surface area contributed by atoms with Gasteiger partial charge in [0.1, 0.15) is 6.61 Å². The van der Waals surface area contributed by atoms with Gasteiger partial charge >= 0.3 is 0 Å². The van der Waals surface area contributed by atoms with E-state index in [0.29, 0.717) is 12.6 Å². The maximum atomic E-state index is 12.1. The van der Waals surface area contributed by atoms with E-state index >= 15 is 0 Å². The summed E-state index contributed by atoms with van der Waals surface area (Å²) in [6, 6.07) is 0.523. The summed E-state index contributed by atoms with van der Waals surface area (Å²) in [5, 5.41) is 0. The van der Waals surface area contributed by atoms with E-state index in [4.69, 9.17) is 4.74 Å². The molecule has 1 amide bonds. The Morgan fingerprint density at radius 3 is 2.71 bits per heavy atom. The Morgan fingerprint density at radius 1 is 1.24 bits per heavy atom. The maximum absolute atomic E-state index is 12.1. The minimum atomic E-state index is 0.216. The zero-order chi connectivity index (χ0) is 12.1. The highest BCUT2D eigenvalue weighted by Gasteiger charge is 2.35. The molecule has 3 nitrogen and oxygen atoms in total. The standard InChI is InChI=1S/C14H25NO2/c1-2-10-17-11-14(16)15-9-5-8-13(15)12-6-3-4-7-12/h12-13H,2-11H2,1H3. The maximum Gasteiger partial charge on any atom is 0.248 e. The second kappa shape index (κ2) is 6.39. The van der Waals surface area contributed by atoms with Crippen LogP contribution in [0.4, 0.5) is 0 Å². The predicted octanol–water partition coefficient (Wildman–Crippen LogP) is 2.59. The lowest BCUT2D eigenvalue weighted by Gasteiger charge is -2.29. The number of rotatable bonds is 5. The van der Waals surface area contributed by atoms with Gasteiger partial charge in [0, 0.05) is 19.2 Å². The van der Waals surface area contributed by atoms with Crippen LogP contribution < -0.4 is 0 Å². The molecule has 0 N–H and O–H groups in total. The van der Waals surface area contributed by atoms with Crippen LogP contribution in [-0.2, 0) is 9.53 Å². The summed E-state index contributed by atoms with van der Waals surface area (Å²) in [6.07, 6.45) is 8.74. The molecule has 2 rings (SSSR count). The molecule has 0 aromatic carbocycles. The molecule has 17 heavy (non-hydrogen) atoms. The van der Waals surface area contributed by atoms with E-state index < -0.39 is 0 Å². The molecule has 0 spiro atoms. The van der Waals surface area contributed by atoms with Gasteiger partial charge in [-0.25, -0.2) is 0 Å². The number of carbonyl (C=O) groups excluding carboxylic acids is 1. The third-order valence-corrected chi connectivity index (χ3v) is 4.14. The van der Waals surface area contributed by atoms with Crippen LogP contribution >= 0.6 is 0 Å². The SMILES string of the molecule is CCCOCC(=O)N1CCCC1C1CCCC1. The van der Waals surface area contributed by atoms with Gasteiger partial charge < -0.3 is 9.64 Å². The number of amides is 1. The minimum Gasteiger partial charge on any atom is -0.372 e. The summed E-state index contributed by atoms with van der Waals surface area (Å²) in [5.74, 6) is 0.987. The summed E-state index contributed by atoms with van der Waals surface area (Å²) in [5.41, 5.74) is 0. The van der Waals surface area contributed by atoms with Crippen molar-refractivity contribution in [2.45, 2.75) is 57.9 Å². The van der Waals surface area contributed by atoms with E-state index in [2.05, 4.69) is 11.8 Å². The monoisotopic (exact) mass is 239 g/mol.